The van der Waals surface area contributed by atoms with Crippen molar-refractivity contribution in [3.63, 3.8) is 0 Å². The average Bonchev–Trinajstić information content (AvgIpc) is 2.47. The summed E-state index contributed by atoms with van der Waals surface area (Å²) in [7, 11) is 1.93. The quantitative estimate of drug-likeness (QED) is 0.665. The molecule has 0 radical (unpaired) electrons. The zero-order valence-electron chi connectivity index (χ0n) is 7.41. The molecule has 3 heteroatoms. The van der Waals surface area contributed by atoms with Crippen LogP contribution < -0.4 is 5.32 Å². The number of aromatic nitrogens is 2. The topological polar surface area (TPSA) is 29.9 Å². The standard InChI is InChI=1S/C9H13N3/c1-4-8(11-5-2)9-6-10-7-12(9)3/h1,6-8,11H,5H2,2-3H3. The van der Waals surface area contributed by atoms with Gasteiger partial charge in [0.25, 0.3) is 0 Å². The van der Waals surface area contributed by atoms with Gasteiger partial charge in [0.2, 0.25) is 0 Å². The first kappa shape index (κ1) is 8.82. The number of imidazole rings is 1. The van der Waals surface area contributed by atoms with E-state index in [0.717, 1.165) is 12.2 Å². The van der Waals surface area contributed by atoms with E-state index in [1.807, 2.05) is 18.5 Å². The van der Waals surface area contributed by atoms with Crippen LogP contribution in [0.1, 0.15) is 18.7 Å². The molecule has 0 aromatic carbocycles. The number of nitrogens with zero attached hydrogens (tertiary/aromatic N) is 2. The summed E-state index contributed by atoms with van der Waals surface area (Å²) in [5, 5.41) is 3.18. The lowest BCUT2D eigenvalue weighted by Gasteiger charge is -2.11. The van der Waals surface area contributed by atoms with Crippen molar-refractivity contribution in [3.05, 3.63) is 18.2 Å². The van der Waals surface area contributed by atoms with Crippen LogP contribution >= 0.6 is 0 Å². The Morgan fingerprint density at radius 3 is 3.00 bits per heavy atom. The molecule has 64 valence electrons. The highest BCUT2D eigenvalue weighted by molar-refractivity contribution is 5.16. The summed E-state index contributed by atoms with van der Waals surface area (Å²) < 4.78 is 1.92. The van der Waals surface area contributed by atoms with Crippen LogP contribution in [0.25, 0.3) is 0 Å². The van der Waals surface area contributed by atoms with E-state index in [1.54, 1.807) is 12.5 Å². The third-order valence-electron chi connectivity index (χ3n) is 1.72. The van der Waals surface area contributed by atoms with Gasteiger partial charge in [-0.3, -0.25) is 5.32 Å². The molecule has 12 heavy (non-hydrogen) atoms. The highest BCUT2D eigenvalue weighted by Crippen LogP contribution is 2.08. The van der Waals surface area contributed by atoms with Crippen LogP contribution in [0.5, 0.6) is 0 Å². The highest BCUT2D eigenvalue weighted by Gasteiger charge is 2.09. The van der Waals surface area contributed by atoms with Crippen molar-refractivity contribution in [2.75, 3.05) is 6.54 Å². The van der Waals surface area contributed by atoms with E-state index in [0.29, 0.717) is 0 Å². The fourth-order valence-corrected chi connectivity index (χ4v) is 1.10. The fourth-order valence-electron chi connectivity index (χ4n) is 1.10. The van der Waals surface area contributed by atoms with E-state index in [2.05, 4.69) is 16.2 Å². The lowest BCUT2D eigenvalue weighted by Crippen LogP contribution is -2.21. The Kier molecular flexibility index (Phi) is 2.89. The van der Waals surface area contributed by atoms with Gasteiger partial charge < -0.3 is 4.57 Å². The highest BCUT2D eigenvalue weighted by atomic mass is 15.1. The molecule has 1 aromatic heterocycles. The van der Waals surface area contributed by atoms with Crippen LogP contribution in [0.3, 0.4) is 0 Å². The van der Waals surface area contributed by atoms with Crippen molar-refractivity contribution < 1.29 is 0 Å². The minimum atomic E-state index is -0.0255. The van der Waals surface area contributed by atoms with E-state index in [1.165, 1.54) is 0 Å². The Labute approximate surface area is 72.8 Å². The van der Waals surface area contributed by atoms with Crippen molar-refractivity contribution in [3.8, 4) is 12.3 Å². The van der Waals surface area contributed by atoms with Crippen molar-refractivity contribution in [2.24, 2.45) is 7.05 Å². The zero-order valence-corrected chi connectivity index (χ0v) is 7.41. The summed E-state index contributed by atoms with van der Waals surface area (Å²) in [4.78, 5) is 4.00. The van der Waals surface area contributed by atoms with Gasteiger partial charge in [-0.1, -0.05) is 12.8 Å². The number of aryl methyl sites for hydroxylation is 1. The summed E-state index contributed by atoms with van der Waals surface area (Å²) in [6.45, 7) is 2.89. The van der Waals surface area contributed by atoms with Crippen LogP contribution in [0.2, 0.25) is 0 Å². The molecular weight excluding hydrogens is 150 g/mol. The molecule has 1 atom stereocenters. The zero-order chi connectivity index (χ0) is 8.97. The SMILES string of the molecule is C#CC(NCC)c1cncn1C. The molecule has 0 amide bonds. The molecule has 1 aromatic rings. The first-order valence-electron chi connectivity index (χ1n) is 3.95. The van der Waals surface area contributed by atoms with Gasteiger partial charge >= 0.3 is 0 Å². The fraction of sp³-hybridized carbons (Fsp3) is 0.444. The van der Waals surface area contributed by atoms with Crippen molar-refractivity contribution in [2.45, 2.75) is 13.0 Å². The molecular formula is C9H13N3. The molecule has 0 saturated carbocycles. The number of rotatable bonds is 3. The maximum Gasteiger partial charge on any atom is 0.111 e. The van der Waals surface area contributed by atoms with E-state index in [-0.39, 0.29) is 6.04 Å². The van der Waals surface area contributed by atoms with E-state index >= 15 is 0 Å². The average molecular weight is 163 g/mol. The van der Waals surface area contributed by atoms with Crippen LogP contribution in [0.4, 0.5) is 0 Å². The van der Waals surface area contributed by atoms with Gasteiger partial charge in [0.15, 0.2) is 0 Å². The molecule has 0 aliphatic rings. The van der Waals surface area contributed by atoms with E-state index in [4.69, 9.17) is 6.42 Å². The summed E-state index contributed by atoms with van der Waals surface area (Å²) in [5.41, 5.74) is 1.03. The first-order valence-corrected chi connectivity index (χ1v) is 3.95. The second kappa shape index (κ2) is 3.93. The minimum Gasteiger partial charge on any atom is -0.335 e. The normalized spacial score (nSPS) is 12.4. The van der Waals surface area contributed by atoms with Gasteiger partial charge in [-0.05, 0) is 6.54 Å². The van der Waals surface area contributed by atoms with E-state index in [9.17, 15) is 0 Å². The summed E-state index contributed by atoms with van der Waals surface area (Å²) in [5.74, 6) is 2.67. The minimum absolute atomic E-state index is 0.0255. The number of terminal acetylenes is 1. The predicted molar refractivity (Wildman–Crippen MR) is 48.5 cm³/mol. The Morgan fingerprint density at radius 1 is 1.83 bits per heavy atom. The first-order chi connectivity index (χ1) is 5.79. The molecule has 0 aliphatic heterocycles. The van der Waals surface area contributed by atoms with Crippen molar-refractivity contribution in [1.29, 1.82) is 0 Å². The predicted octanol–water partition coefficient (Wildman–Crippen LogP) is 0.704. The maximum atomic E-state index is 5.37. The van der Waals surface area contributed by atoms with Gasteiger partial charge in [0.05, 0.1) is 18.2 Å². The second-order valence-electron chi connectivity index (χ2n) is 2.59. The third kappa shape index (κ3) is 1.66. The lowest BCUT2D eigenvalue weighted by atomic mass is 10.2. The molecule has 0 saturated heterocycles. The Morgan fingerprint density at radius 2 is 2.58 bits per heavy atom. The summed E-state index contributed by atoms with van der Waals surface area (Å²) in [6, 6.07) is -0.0255. The Balaban J connectivity index is 2.81. The van der Waals surface area contributed by atoms with Crippen LogP contribution in [-0.2, 0) is 7.05 Å². The van der Waals surface area contributed by atoms with E-state index < -0.39 is 0 Å². The Hall–Kier alpha value is -1.27. The number of hydrogen-bond acceptors (Lipinski definition) is 2. The number of nitrogens with one attached hydrogen (secondary N) is 1. The molecule has 3 nitrogen and oxygen atoms in total. The largest absolute Gasteiger partial charge is 0.335 e. The lowest BCUT2D eigenvalue weighted by molar-refractivity contribution is 0.624. The van der Waals surface area contributed by atoms with Gasteiger partial charge in [-0.2, -0.15) is 0 Å². The molecule has 1 N–H and O–H groups in total. The molecule has 0 bridgehead atoms. The molecule has 0 fully saturated rings. The smallest absolute Gasteiger partial charge is 0.111 e. The van der Waals surface area contributed by atoms with Gasteiger partial charge in [0.1, 0.15) is 6.04 Å². The summed E-state index contributed by atoms with van der Waals surface area (Å²) in [6.07, 6.45) is 8.90. The molecule has 1 unspecified atom stereocenters. The molecule has 1 rings (SSSR count). The molecule has 0 spiro atoms. The molecule has 0 aliphatic carbocycles. The third-order valence-corrected chi connectivity index (χ3v) is 1.72. The van der Waals surface area contributed by atoms with Gasteiger partial charge in [-0.25, -0.2) is 4.98 Å². The summed E-state index contributed by atoms with van der Waals surface area (Å²) >= 11 is 0. The number of hydrogen-bond donors (Lipinski definition) is 1. The second-order valence-corrected chi connectivity index (χ2v) is 2.59. The molecule has 1 heterocycles. The maximum absolute atomic E-state index is 5.37. The van der Waals surface area contributed by atoms with Crippen LogP contribution in [-0.4, -0.2) is 16.1 Å². The van der Waals surface area contributed by atoms with Gasteiger partial charge in [0, 0.05) is 7.05 Å². The Bertz CT molecular complexity index is 282. The monoisotopic (exact) mass is 163 g/mol. The van der Waals surface area contributed by atoms with Crippen molar-refractivity contribution >= 4 is 0 Å². The van der Waals surface area contributed by atoms with Crippen LogP contribution in [0.15, 0.2) is 12.5 Å². The van der Waals surface area contributed by atoms with Crippen molar-refractivity contribution in [1.82, 2.24) is 14.9 Å². The van der Waals surface area contributed by atoms with Crippen LogP contribution in [0, 0.1) is 12.3 Å². The van der Waals surface area contributed by atoms with Gasteiger partial charge in [-0.15, -0.1) is 6.42 Å².